The van der Waals surface area contributed by atoms with Crippen molar-refractivity contribution in [2.24, 2.45) is 5.92 Å². The Hall–Kier alpha value is -0.0400. The quantitative estimate of drug-likeness (QED) is 0.572. The van der Waals surface area contributed by atoms with E-state index >= 15 is 0 Å². The summed E-state index contributed by atoms with van der Waals surface area (Å²) in [6.07, 6.45) is 8.41. The van der Waals surface area contributed by atoms with Crippen LogP contribution in [-0.2, 0) is 0 Å². The maximum Gasteiger partial charge on any atom is 0.0537 e. The van der Waals surface area contributed by atoms with Gasteiger partial charge in [-0.2, -0.15) is 0 Å². The Kier molecular flexibility index (Phi) is 8.53. The van der Waals surface area contributed by atoms with Gasteiger partial charge in [0.05, 0.1) is 6.10 Å². The van der Waals surface area contributed by atoms with Crippen molar-refractivity contribution in [3.63, 3.8) is 0 Å². The van der Waals surface area contributed by atoms with Crippen LogP contribution in [-0.4, -0.2) is 11.2 Å². The van der Waals surface area contributed by atoms with Gasteiger partial charge in [0.15, 0.2) is 0 Å². The predicted octanol–water partition coefficient (Wildman–Crippen LogP) is 3.75. The molecule has 0 aromatic carbocycles. The minimum atomic E-state index is -0.0508. The molecule has 0 rings (SSSR count). The molecule has 0 saturated heterocycles. The van der Waals surface area contributed by atoms with E-state index in [9.17, 15) is 5.11 Å². The fourth-order valence-electron chi connectivity index (χ4n) is 1.49. The molecule has 0 aliphatic heterocycles. The average molecular weight is 186 g/mol. The van der Waals surface area contributed by atoms with Crippen LogP contribution in [0.3, 0.4) is 0 Å². The second-order valence-corrected chi connectivity index (χ2v) is 4.45. The zero-order chi connectivity index (χ0) is 10.1. The molecule has 0 amide bonds. The topological polar surface area (TPSA) is 20.2 Å². The highest BCUT2D eigenvalue weighted by molar-refractivity contribution is 4.53. The van der Waals surface area contributed by atoms with Gasteiger partial charge < -0.3 is 5.11 Å². The molecule has 1 heteroatoms. The zero-order valence-electron chi connectivity index (χ0n) is 9.55. The van der Waals surface area contributed by atoms with E-state index in [1.54, 1.807) is 0 Å². The lowest BCUT2D eigenvalue weighted by molar-refractivity contribution is 0.156. The Balaban J connectivity index is 2.99. The summed E-state index contributed by atoms with van der Waals surface area (Å²) in [5.41, 5.74) is 0. The lowest BCUT2D eigenvalue weighted by atomic mass is 10.0. The number of aliphatic hydroxyl groups excluding tert-OH is 1. The lowest BCUT2D eigenvalue weighted by Crippen LogP contribution is -2.03. The third-order valence-corrected chi connectivity index (χ3v) is 2.54. The summed E-state index contributed by atoms with van der Waals surface area (Å²) in [6, 6.07) is 0. The molecule has 0 saturated carbocycles. The highest BCUT2D eigenvalue weighted by atomic mass is 16.3. The first kappa shape index (κ1) is 13.0. The van der Waals surface area contributed by atoms with Gasteiger partial charge in [0, 0.05) is 0 Å². The maximum absolute atomic E-state index is 9.30. The summed E-state index contributed by atoms with van der Waals surface area (Å²) in [4.78, 5) is 0. The van der Waals surface area contributed by atoms with Crippen molar-refractivity contribution >= 4 is 0 Å². The predicted molar refractivity (Wildman–Crippen MR) is 58.8 cm³/mol. The Labute approximate surface area is 83.5 Å². The molecule has 0 aliphatic carbocycles. The summed E-state index contributed by atoms with van der Waals surface area (Å²) >= 11 is 0. The molecule has 0 aromatic heterocycles. The third-order valence-electron chi connectivity index (χ3n) is 2.54. The zero-order valence-corrected chi connectivity index (χ0v) is 9.55. The summed E-state index contributed by atoms with van der Waals surface area (Å²) in [7, 11) is 0. The van der Waals surface area contributed by atoms with Crippen molar-refractivity contribution in [3.05, 3.63) is 0 Å². The SMILES string of the molecule is CC[C@H](O)CCCCCCC(C)C. The number of rotatable bonds is 8. The van der Waals surface area contributed by atoms with E-state index in [2.05, 4.69) is 13.8 Å². The van der Waals surface area contributed by atoms with Crippen LogP contribution in [0.1, 0.15) is 65.7 Å². The summed E-state index contributed by atoms with van der Waals surface area (Å²) in [5, 5.41) is 9.30. The molecule has 0 bridgehead atoms. The van der Waals surface area contributed by atoms with Crippen molar-refractivity contribution in [2.45, 2.75) is 71.8 Å². The molecule has 1 nitrogen and oxygen atoms in total. The standard InChI is InChI=1S/C12H26O/c1-4-12(13)10-8-6-5-7-9-11(2)3/h11-13H,4-10H2,1-3H3/t12-/m0/s1. The van der Waals surface area contributed by atoms with E-state index in [-0.39, 0.29) is 6.10 Å². The molecule has 1 atom stereocenters. The highest BCUT2D eigenvalue weighted by Gasteiger charge is 1.99. The van der Waals surface area contributed by atoms with Crippen molar-refractivity contribution in [3.8, 4) is 0 Å². The molecule has 0 radical (unpaired) electrons. The van der Waals surface area contributed by atoms with Crippen LogP contribution in [0.15, 0.2) is 0 Å². The second kappa shape index (κ2) is 8.55. The van der Waals surface area contributed by atoms with Crippen LogP contribution in [0, 0.1) is 5.92 Å². The normalized spacial score (nSPS) is 13.6. The van der Waals surface area contributed by atoms with Crippen LogP contribution in [0.2, 0.25) is 0 Å². The van der Waals surface area contributed by atoms with E-state index in [0.29, 0.717) is 0 Å². The van der Waals surface area contributed by atoms with Gasteiger partial charge in [-0.1, -0.05) is 52.9 Å². The Bertz CT molecular complexity index is 99.3. The molecule has 0 heterocycles. The van der Waals surface area contributed by atoms with Gasteiger partial charge in [0.25, 0.3) is 0 Å². The van der Waals surface area contributed by atoms with Crippen molar-refractivity contribution in [2.75, 3.05) is 0 Å². The fraction of sp³-hybridized carbons (Fsp3) is 1.00. The van der Waals surface area contributed by atoms with Crippen LogP contribution in [0.25, 0.3) is 0 Å². The van der Waals surface area contributed by atoms with Crippen LogP contribution >= 0.6 is 0 Å². The van der Waals surface area contributed by atoms with Gasteiger partial charge in [-0.3, -0.25) is 0 Å². The Morgan fingerprint density at radius 3 is 1.92 bits per heavy atom. The third kappa shape index (κ3) is 9.88. The summed E-state index contributed by atoms with van der Waals surface area (Å²) in [5.74, 6) is 0.848. The first-order valence-electron chi connectivity index (χ1n) is 5.84. The minimum Gasteiger partial charge on any atom is -0.393 e. The van der Waals surface area contributed by atoms with Crippen LogP contribution < -0.4 is 0 Å². The molecule has 0 fully saturated rings. The Morgan fingerprint density at radius 1 is 0.923 bits per heavy atom. The van der Waals surface area contributed by atoms with Crippen molar-refractivity contribution in [1.82, 2.24) is 0 Å². The van der Waals surface area contributed by atoms with Crippen LogP contribution in [0.5, 0.6) is 0 Å². The van der Waals surface area contributed by atoms with E-state index < -0.39 is 0 Å². The van der Waals surface area contributed by atoms with Gasteiger partial charge in [0.1, 0.15) is 0 Å². The number of hydrogen-bond donors (Lipinski definition) is 1. The molecular weight excluding hydrogens is 160 g/mol. The van der Waals surface area contributed by atoms with E-state index in [1.165, 1.54) is 32.1 Å². The first-order chi connectivity index (χ1) is 6.16. The first-order valence-corrected chi connectivity index (χ1v) is 5.84. The molecule has 13 heavy (non-hydrogen) atoms. The van der Waals surface area contributed by atoms with Gasteiger partial charge in [-0.15, -0.1) is 0 Å². The molecule has 0 spiro atoms. The van der Waals surface area contributed by atoms with Gasteiger partial charge in [0.2, 0.25) is 0 Å². The number of aliphatic hydroxyl groups is 1. The van der Waals surface area contributed by atoms with Gasteiger partial charge in [-0.05, 0) is 18.8 Å². The van der Waals surface area contributed by atoms with Crippen molar-refractivity contribution in [1.29, 1.82) is 0 Å². The lowest BCUT2D eigenvalue weighted by Gasteiger charge is -2.07. The molecular formula is C12H26O. The number of hydrogen-bond acceptors (Lipinski definition) is 1. The molecule has 80 valence electrons. The summed E-state index contributed by atoms with van der Waals surface area (Å²) in [6.45, 7) is 6.60. The highest BCUT2D eigenvalue weighted by Crippen LogP contribution is 2.11. The van der Waals surface area contributed by atoms with E-state index in [4.69, 9.17) is 0 Å². The molecule has 1 N–H and O–H groups in total. The smallest absolute Gasteiger partial charge is 0.0537 e. The second-order valence-electron chi connectivity index (χ2n) is 4.45. The maximum atomic E-state index is 9.30. The largest absolute Gasteiger partial charge is 0.393 e. The monoisotopic (exact) mass is 186 g/mol. The number of unbranched alkanes of at least 4 members (excludes halogenated alkanes) is 3. The summed E-state index contributed by atoms with van der Waals surface area (Å²) < 4.78 is 0. The molecule has 0 aromatic rings. The van der Waals surface area contributed by atoms with Crippen LogP contribution in [0.4, 0.5) is 0 Å². The van der Waals surface area contributed by atoms with Crippen molar-refractivity contribution < 1.29 is 5.11 Å². The van der Waals surface area contributed by atoms with E-state index in [1.807, 2.05) is 6.92 Å². The Morgan fingerprint density at radius 2 is 1.46 bits per heavy atom. The fourth-order valence-corrected chi connectivity index (χ4v) is 1.49. The molecule has 0 unspecified atom stereocenters. The minimum absolute atomic E-state index is 0.0508. The molecule has 0 aliphatic rings. The average Bonchev–Trinajstić information content (AvgIpc) is 2.10. The van der Waals surface area contributed by atoms with Gasteiger partial charge in [-0.25, -0.2) is 0 Å². The van der Waals surface area contributed by atoms with Gasteiger partial charge >= 0.3 is 0 Å². The van der Waals surface area contributed by atoms with E-state index in [0.717, 1.165) is 18.8 Å².